The molecule has 1 N–H and O–H groups in total. The van der Waals surface area contributed by atoms with Crippen LogP contribution in [0.4, 0.5) is 18.9 Å². The monoisotopic (exact) mass is 543 g/mol. The Balaban J connectivity index is 0.00000353. The van der Waals surface area contributed by atoms with E-state index in [4.69, 9.17) is 9.72 Å². The number of carbonyl (C=O) groups is 1. The van der Waals surface area contributed by atoms with Gasteiger partial charge in [0, 0.05) is 29.0 Å². The summed E-state index contributed by atoms with van der Waals surface area (Å²) in [6.45, 7) is 0. The Kier molecular flexibility index (Phi) is 8.90. The van der Waals surface area contributed by atoms with E-state index in [0.717, 1.165) is 24.0 Å². The third-order valence-corrected chi connectivity index (χ3v) is 6.97. The van der Waals surface area contributed by atoms with Gasteiger partial charge in [-0.2, -0.15) is 0 Å². The summed E-state index contributed by atoms with van der Waals surface area (Å²) in [6.07, 6.45) is 1.91. The average molecular weight is 543 g/mol. The minimum Gasteiger partial charge on any atom is -0.622 e. The molecule has 39 heavy (non-hydrogen) atoms. The molecule has 1 fully saturated rings. The summed E-state index contributed by atoms with van der Waals surface area (Å²) in [5.74, 6) is -3.56. The number of benzene rings is 3. The third-order valence-electron chi connectivity index (χ3n) is 6.03. The van der Waals surface area contributed by atoms with Crippen molar-refractivity contribution in [3.05, 3.63) is 110 Å². The van der Waals surface area contributed by atoms with Gasteiger partial charge in [0.05, 0.1) is 24.3 Å². The van der Waals surface area contributed by atoms with E-state index < -0.39 is 28.9 Å². The molecule has 1 aromatic heterocycles. The summed E-state index contributed by atoms with van der Waals surface area (Å²) < 4.78 is 46.2. The molecular weight excluding hydrogens is 522 g/mol. The van der Waals surface area contributed by atoms with E-state index >= 15 is 0 Å². The first kappa shape index (κ1) is 28.6. The van der Waals surface area contributed by atoms with Gasteiger partial charge >= 0.3 is 18.9 Å². The second kappa shape index (κ2) is 12.2. The predicted molar refractivity (Wildman–Crippen MR) is 138 cm³/mol. The number of amides is 1. The molecule has 1 aliphatic carbocycles. The third kappa shape index (κ3) is 6.59. The number of rotatable bonds is 8. The normalized spacial score (nSPS) is 12.5. The number of methoxy groups -OCH3 is 1. The van der Waals surface area contributed by atoms with E-state index in [-0.39, 0.29) is 36.0 Å². The molecule has 0 atom stereocenters. The van der Waals surface area contributed by atoms with Gasteiger partial charge < -0.3 is 19.8 Å². The molecule has 0 radical (unpaired) electrons. The van der Waals surface area contributed by atoms with E-state index in [0.29, 0.717) is 40.0 Å². The number of H-pyrrole nitrogens is 1. The van der Waals surface area contributed by atoms with E-state index in [1.165, 1.54) is 23.9 Å². The molecular formula is C28H21F3LiN3O3S. The van der Waals surface area contributed by atoms with Crippen LogP contribution in [-0.2, 0) is 5.75 Å². The number of halogens is 3. The molecule has 4 aromatic rings. The first-order valence-electron chi connectivity index (χ1n) is 11.7. The van der Waals surface area contributed by atoms with Crippen LogP contribution < -0.4 is 29.2 Å². The Labute approximate surface area is 238 Å². The zero-order valence-electron chi connectivity index (χ0n) is 21.1. The molecule has 3 aromatic carbocycles. The standard InChI is InChI=1S/C28H22F3N3O3S.Li/c1-37-20-4-2-3-17(11-20)25-23(16-7-8-16)26(35)34-28(33-25)38-14-15-5-9-19(10-6-15)32-27(36)24-21(30)12-18(29)13-22(24)31;/h2-6,9-13,16H,7-8,14H2,1H3,(H2,32,33,34,35,36);/q;+1/p-1. The maximum absolute atomic E-state index is 13.9. The maximum Gasteiger partial charge on any atom is 1.00 e. The molecule has 0 unspecified atom stereocenters. The molecule has 1 saturated carbocycles. The molecule has 11 heteroatoms. The van der Waals surface area contributed by atoms with Crippen LogP contribution in [0.5, 0.6) is 5.75 Å². The summed E-state index contributed by atoms with van der Waals surface area (Å²) in [4.78, 5) is 32.8. The number of nitrogens with zero attached hydrogens (tertiary/aromatic N) is 2. The van der Waals surface area contributed by atoms with Crippen LogP contribution in [0, 0.1) is 17.5 Å². The van der Waals surface area contributed by atoms with Gasteiger partial charge in [-0.3, -0.25) is 4.79 Å². The molecule has 0 spiro atoms. The van der Waals surface area contributed by atoms with Crippen LogP contribution in [0.2, 0.25) is 0 Å². The number of hydrogen-bond donors (Lipinski definition) is 1. The van der Waals surface area contributed by atoms with Crippen molar-refractivity contribution in [1.82, 2.24) is 9.97 Å². The van der Waals surface area contributed by atoms with Crippen molar-refractivity contribution in [1.29, 1.82) is 0 Å². The SMILES string of the molecule is COc1cccc(-c2nc(SCc3ccc([N-]C(=O)c4c(F)cc(F)cc4F)cc3)[nH]c(=O)c2C2CC2)c1.[Li+]. The van der Waals surface area contributed by atoms with E-state index in [9.17, 15) is 22.8 Å². The predicted octanol–water partition coefficient (Wildman–Crippen LogP) is 3.88. The summed E-state index contributed by atoms with van der Waals surface area (Å²) in [6, 6.07) is 14.8. The molecule has 6 nitrogen and oxygen atoms in total. The van der Waals surface area contributed by atoms with Gasteiger partial charge in [-0.15, -0.1) is 5.69 Å². The van der Waals surface area contributed by atoms with E-state index in [1.54, 1.807) is 19.2 Å². The zero-order chi connectivity index (χ0) is 26.8. The van der Waals surface area contributed by atoms with Crippen LogP contribution in [0.1, 0.15) is 40.2 Å². The smallest absolute Gasteiger partial charge is 0.622 e. The first-order valence-corrected chi connectivity index (χ1v) is 12.7. The largest absolute Gasteiger partial charge is 1.00 e. The number of nitrogens with one attached hydrogen (secondary N) is 1. The number of thioether (sulfide) groups is 1. The molecule has 194 valence electrons. The minimum atomic E-state index is -1.31. The fourth-order valence-electron chi connectivity index (χ4n) is 4.01. The van der Waals surface area contributed by atoms with Crippen LogP contribution in [0.3, 0.4) is 0 Å². The van der Waals surface area contributed by atoms with Gasteiger partial charge in [0.1, 0.15) is 23.2 Å². The molecule has 1 amide bonds. The maximum atomic E-state index is 13.9. The van der Waals surface area contributed by atoms with Gasteiger partial charge in [-0.05, 0) is 36.5 Å². The summed E-state index contributed by atoms with van der Waals surface area (Å²) >= 11 is 1.34. The number of carbonyl (C=O) groups excluding carboxylic acids is 1. The second-order valence-electron chi connectivity index (χ2n) is 8.76. The quantitative estimate of drug-likeness (QED) is 0.207. The summed E-state index contributed by atoms with van der Waals surface area (Å²) in [5, 5.41) is 4.19. The van der Waals surface area contributed by atoms with Crippen LogP contribution in [0.25, 0.3) is 16.6 Å². The molecule has 1 aliphatic rings. The van der Waals surface area contributed by atoms with Gasteiger partial charge in [-0.1, -0.05) is 48.2 Å². The fraction of sp³-hybridized carbons (Fsp3) is 0.179. The average Bonchev–Trinajstić information content (AvgIpc) is 3.72. The topological polar surface area (TPSA) is 86.2 Å². The Bertz CT molecular complexity index is 1550. The number of aromatic nitrogens is 2. The Morgan fingerprint density at radius 3 is 2.41 bits per heavy atom. The molecule has 5 rings (SSSR count). The van der Waals surface area contributed by atoms with Gasteiger partial charge in [0.15, 0.2) is 5.16 Å². The van der Waals surface area contributed by atoms with E-state index in [1.807, 2.05) is 24.3 Å². The fourth-order valence-corrected chi connectivity index (χ4v) is 4.83. The molecule has 0 saturated heterocycles. The molecule has 0 aliphatic heterocycles. The van der Waals surface area contributed by atoms with Crippen LogP contribution in [-0.4, -0.2) is 23.0 Å². The van der Waals surface area contributed by atoms with Crippen molar-refractivity contribution in [2.45, 2.75) is 29.7 Å². The van der Waals surface area contributed by atoms with Crippen LogP contribution in [0.15, 0.2) is 70.6 Å². The number of aromatic amines is 1. The molecule has 1 heterocycles. The minimum absolute atomic E-state index is 0. The Morgan fingerprint density at radius 2 is 1.77 bits per heavy atom. The first-order chi connectivity index (χ1) is 18.3. The Morgan fingerprint density at radius 1 is 1.08 bits per heavy atom. The van der Waals surface area contributed by atoms with E-state index in [2.05, 4.69) is 10.3 Å². The van der Waals surface area contributed by atoms with Crippen molar-refractivity contribution >= 4 is 23.4 Å². The number of hydrogen-bond acceptors (Lipinski definition) is 5. The van der Waals surface area contributed by atoms with Gasteiger partial charge in [0.25, 0.3) is 5.56 Å². The summed E-state index contributed by atoms with van der Waals surface area (Å²) in [7, 11) is 1.58. The second-order valence-corrected chi connectivity index (χ2v) is 9.72. The van der Waals surface area contributed by atoms with Crippen molar-refractivity contribution in [3.8, 4) is 17.0 Å². The van der Waals surface area contributed by atoms with Crippen LogP contribution >= 0.6 is 11.8 Å². The van der Waals surface area contributed by atoms with Crippen molar-refractivity contribution in [2.75, 3.05) is 7.11 Å². The summed E-state index contributed by atoms with van der Waals surface area (Å²) in [5.41, 5.74) is 2.10. The Hall–Kier alpha value is -3.45. The van der Waals surface area contributed by atoms with Gasteiger partial charge in [-0.25, -0.2) is 18.2 Å². The van der Waals surface area contributed by atoms with Crippen molar-refractivity contribution < 1.29 is 41.6 Å². The zero-order valence-corrected chi connectivity index (χ0v) is 21.9. The number of ether oxygens (including phenoxy) is 1. The van der Waals surface area contributed by atoms with Gasteiger partial charge in [0.2, 0.25) is 0 Å². The van der Waals surface area contributed by atoms with Crippen molar-refractivity contribution in [2.24, 2.45) is 0 Å². The van der Waals surface area contributed by atoms with Crippen molar-refractivity contribution in [3.63, 3.8) is 0 Å². The molecule has 0 bridgehead atoms.